The molecule has 0 atom stereocenters. The first kappa shape index (κ1) is 11.8. The van der Waals surface area contributed by atoms with Gasteiger partial charge in [-0.15, -0.1) is 0 Å². The normalized spacial score (nSPS) is 16.1. The molecule has 1 aromatic rings. The Balaban J connectivity index is 2.19. The highest BCUT2D eigenvalue weighted by molar-refractivity contribution is 5.95. The highest BCUT2D eigenvalue weighted by Gasteiger charge is 2.23. The summed E-state index contributed by atoms with van der Waals surface area (Å²) in [6, 6.07) is 4.48. The van der Waals surface area contributed by atoms with Crippen LogP contribution in [0.4, 0.5) is 4.39 Å². The maximum absolute atomic E-state index is 13.5. The fourth-order valence-corrected chi connectivity index (χ4v) is 1.93. The number of hydrogen-bond donors (Lipinski definition) is 0. The van der Waals surface area contributed by atoms with Crippen molar-refractivity contribution in [1.29, 1.82) is 0 Å². The molecule has 0 aromatic heterocycles. The quantitative estimate of drug-likeness (QED) is 0.746. The zero-order valence-electron chi connectivity index (χ0n) is 9.70. The molecule has 1 saturated heterocycles. The van der Waals surface area contributed by atoms with Gasteiger partial charge in [-0.25, -0.2) is 4.39 Å². The van der Waals surface area contributed by atoms with Gasteiger partial charge in [-0.1, -0.05) is 11.6 Å². The second kappa shape index (κ2) is 4.65. The first-order valence-electron chi connectivity index (χ1n) is 5.65. The molecule has 0 radical (unpaired) electrons. The molecule has 1 aromatic carbocycles. The lowest BCUT2D eigenvalue weighted by atomic mass is 10.1. The lowest BCUT2D eigenvalue weighted by Gasteiger charge is -2.26. The van der Waals surface area contributed by atoms with Crippen molar-refractivity contribution in [2.75, 3.05) is 13.1 Å². The molecule has 0 aliphatic carbocycles. The third-order valence-electron chi connectivity index (χ3n) is 2.96. The summed E-state index contributed by atoms with van der Waals surface area (Å²) in [6.45, 7) is 2.60. The molecule has 1 amide bonds. The Morgan fingerprint density at radius 3 is 2.59 bits per heavy atom. The Morgan fingerprint density at radius 2 is 1.94 bits per heavy atom. The molecule has 4 heteroatoms. The van der Waals surface area contributed by atoms with E-state index >= 15 is 0 Å². The summed E-state index contributed by atoms with van der Waals surface area (Å²) in [5, 5.41) is 0. The minimum atomic E-state index is -0.502. The molecule has 1 fully saturated rings. The van der Waals surface area contributed by atoms with Crippen molar-refractivity contribution in [3.8, 4) is 0 Å². The minimum Gasteiger partial charge on any atom is -0.338 e. The fourth-order valence-electron chi connectivity index (χ4n) is 1.93. The van der Waals surface area contributed by atoms with E-state index in [0.29, 0.717) is 25.9 Å². The van der Waals surface area contributed by atoms with Gasteiger partial charge in [0.05, 0.1) is 5.56 Å². The largest absolute Gasteiger partial charge is 0.338 e. The van der Waals surface area contributed by atoms with Crippen molar-refractivity contribution >= 4 is 11.7 Å². The molecule has 0 spiro atoms. The molecule has 0 unspecified atom stereocenters. The standard InChI is InChI=1S/C13H14FNO2/c1-9-2-3-12(14)11(8-9)13(17)15-6-4-10(16)5-7-15/h2-3,8H,4-7H2,1H3. The van der Waals surface area contributed by atoms with Crippen LogP contribution in [0.3, 0.4) is 0 Å². The Morgan fingerprint density at radius 1 is 1.29 bits per heavy atom. The lowest BCUT2D eigenvalue weighted by molar-refractivity contribution is -0.120. The van der Waals surface area contributed by atoms with Crippen LogP contribution >= 0.6 is 0 Å². The average molecular weight is 235 g/mol. The molecule has 1 heterocycles. The van der Waals surface area contributed by atoms with Crippen molar-refractivity contribution < 1.29 is 14.0 Å². The van der Waals surface area contributed by atoms with Gasteiger partial charge in [0.2, 0.25) is 0 Å². The molecule has 0 saturated carbocycles. The lowest BCUT2D eigenvalue weighted by Crippen LogP contribution is -2.39. The second-order valence-electron chi connectivity index (χ2n) is 4.31. The number of likely N-dealkylation sites (tertiary alicyclic amines) is 1. The van der Waals surface area contributed by atoms with E-state index in [1.807, 2.05) is 6.92 Å². The molecule has 90 valence electrons. The van der Waals surface area contributed by atoms with Gasteiger partial charge in [0, 0.05) is 25.9 Å². The number of ketones is 1. The number of carbonyl (C=O) groups is 2. The number of Topliss-reactive ketones (excluding diaryl/α,β-unsaturated/α-hetero) is 1. The van der Waals surface area contributed by atoms with Gasteiger partial charge in [-0.2, -0.15) is 0 Å². The SMILES string of the molecule is Cc1ccc(F)c(C(=O)N2CCC(=O)CC2)c1. The van der Waals surface area contributed by atoms with Gasteiger partial charge < -0.3 is 4.90 Å². The molecule has 17 heavy (non-hydrogen) atoms. The van der Waals surface area contributed by atoms with Gasteiger partial charge in [-0.05, 0) is 19.1 Å². The van der Waals surface area contributed by atoms with Crippen molar-refractivity contribution in [2.45, 2.75) is 19.8 Å². The molecule has 1 aliphatic rings. The summed E-state index contributed by atoms with van der Waals surface area (Å²) >= 11 is 0. The first-order valence-corrected chi connectivity index (χ1v) is 5.65. The van der Waals surface area contributed by atoms with Crippen LogP contribution in [0.1, 0.15) is 28.8 Å². The third kappa shape index (κ3) is 2.52. The van der Waals surface area contributed by atoms with E-state index in [0.717, 1.165) is 5.56 Å². The number of nitrogens with zero attached hydrogens (tertiary/aromatic N) is 1. The highest BCUT2D eigenvalue weighted by Crippen LogP contribution is 2.15. The van der Waals surface area contributed by atoms with Gasteiger partial charge in [0.25, 0.3) is 5.91 Å². The Bertz CT molecular complexity index is 460. The van der Waals surface area contributed by atoms with Crippen molar-refractivity contribution in [2.24, 2.45) is 0 Å². The van der Waals surface area contributed by atoms with E-state index in [2.05, 4.69) is 0 Å². The first-order chi connectivity index (χ1) is 8.08. The number of amides is 1. The van der Waals surface area contributed by atoms with Crippen molar-refractivity contribution in [1.82, 2.24) is 4.90 Å². The molecular weight excluding hydrogens is 221 g/mol. The fraction of sp³-hybridized carbons (Fsp3) is 0.385. The van der Waals surface area contributed by atoms with Gasteiger partial charge in [-0.3, -0.25) is 9.59 Å². The van der Waals surface area contributed by atoms with Crippen molar-refractivity contribution in [3.05, 3.63) is 35.1 Å². The average Bonchev–Trinajstić information content (AvgIpc) is 2.32. The van der Waals surface area contributed by atoms with E-state index in [-0.39, 0.29) is 17.3 Å². The summed E-state index contributed by atoms with van der Waals surface area (Å²) in [4.78, 5) is 24.7. The predicted octanol–water partition coefficient (Wildman–Crippen LogP) is 1.94. The summed E-state index contributed by atoms with van der Waals surface area (Å²) < 4.78 is 13.5. The number of rotatable bonds is 1. The Labute approximate surface area is 99.2 Å². The number of piperidine rings is 1. The summed E-state index contributed by atoms with van der Waals surface area (Å²) in [5.74, 6) is -0.657. The summed E-state index contributed by atoms with van der Waals surface area (Å²) in [5.41, 5.74) is 0.946. The topological polar surface area (TPSA) is 37.4 Å². The van der Waals surface area contributed by atoms with Crippen LogP contribution in [0.5, 0.6) is 0 Å². The number of hydrogen-bond acceptors (Lipinski definition) is 2. The van der Waals surface area contributed by atoms with E-state index in [1.54, 1.807) is 17.0 Å². The summed E-state index contributed by atoms with van der Waals surface area (Å²) in [7, 11) is 0. The van der Waals surface area contributed by atoms with Crippen LogP contribution < -0.4 is 0 Å². The van der Waals surface area contributed by atoms with E-state index < -0.39 is 5.82 Å². The highest BCUT2D eigenvalue weighted by atomic mass is 19.1. The minimum absolute atomic E-state index is 0.0966. The van der Waals surface area contributed by atoms with E-state index in [9.17, 15) is 14.0 Å². The predicted molar refractivity (Wildman–Crippen MR) is 61.3 cm³/mol. The number of halogens is 1. The number of carbonyl (C=O) groups excluding carboxylic acids is 2. The second-order valence-corrected chi connectivity index (χ2v) is 4.31. The Hall–Kier alpha value is -1.71. The van der Waals surface area contributed by atoms with E-state index in [4.69, 9.17) is 0 Å². The molecule has 1 aliphatic heterocycles. The smallest absolute Gasteiger partial charge is 0.256 e. The van der Waals surface area contributed by atoms with Crippen LogP contribution in [0.25, 0.3) is 0 Å². The summed E-state index contributed by atoms with van der Waals surface area (Å²) in [6.07, 6.45) is 0.748. The third-order valence-corrected chi connectivity index (χ3v) is 2.96. The molecular formula is C13H14FNO2. The van der Waals surface area contributed by atoms with Gasteiger partial charge in [0.15, 0.2) is 0 Å². The number of aryl methyl sites for hydroxylation is 1. The Kier molecular flexibility index (Phi) is 3.22. The molecule has 3 nitrogen and oxygen atoms in total. The monoisotopic (exact) mass is 235 g/mol. The zero-order valence-corrected chi connectivity index (χ0v) is 9.70. The van der Waals surface area contributed by atoms with Crippen LogP contribution in [0.2, 0.25) is 0 Å². The maximum atomic E-state index is 13.5. The zero-order chi connectivity index (χ0) is 12.4. The van der Waals surface area contributed by atoms with Gasteiger partial charge >= 0.3 is 0 Å². The maximum Gasteiger partial charge on any atom is 0.256 e. The van der Waals surface area contributed by atoms with E-state index in [1.165, 1.54) is 6.07 Å². The van der Waals surface area contributed by atoms with Crippen LogP contribution in [-0.2, 0) is 4.79 Å². The van der Waals surface area contributed by atoms with Gasteiger partial charge in [0.1, 0.15) is 11.6 Å². The van der Waals surface area contributed by atoms with Crippen LogP contribution in [0, 0.1) is 12.7 Å². The number of benzene rings is 1. The van der Waals surface area contributed by atoms with Crippen LogP contribution in [0.15, 0.2) is 18.2 Å². The van der Waals surface area contributed by atoms with Crippen LogP contribution in [-0.4, -0.2) is 29.7 Å². The van der Waals surface area contributed by atoms with Crippen molar-refractivity contribution in [3.63, 3.8) is 0 Å². The molecule has 2 rings (SSSR count). The molecule has 0 bridgehead atoms. The molecule has 0 N–H and O–H groups in total.